The molecule has 9 heteroatoms. The summed E-state index contributed by atoms with van der Waals surface area (Å²) in [5.74, 6) is -2.53. The van der Waals surface area contributed by atoms with Gasteiger partial charge in [0.15, 0.2) is 0 Å². The number of benzene rings is 2. The number of carbonyl (C=O) groups excluding carboxylic acids is 3. The van der Waals surface area contributed by atoms with E-state index in [1.807, 2.05) is 48.6 Å². The topological polar surface area (TPSA) is 87.2 Å². The second-order valence-electron chi connectivity index (χ2n) is 10.6. The van der Waals surface area contributed by atoms with Gasteiger partial charge in [0.1, 0.15) is 6.04 Å². The fourth-order valence-electron chi connectivity index (χ4n) is 6.57. The molecule has 2 aromatic carbocycles. The minimum atomic E-state index is -1.01. The smallest absolute Gasteiger partial charge is 0.311 e. The molecule has 0 radical (unpaired) electrons. The van der Waals surface area contributed by atoms with Crippen LogP contribution < -0.4 is 4.90 Å². The van der Waals surface area contributed by atoms with Crippen molar-refractivity contribution < 1.29 is 24.2 Å². The molecule has 40 heavy (non-hydrogen) atoms. The molecule has 1 spiro atoms. The first kappa shape index (κ1) is 27.1. The summed E-state index contributed by atoms with van der Waals surface area (Å²) in [5, 5.41) is 10.9. The average Bonchev–Trinajstić information content (AvgIpc) is 3.35. The number of aliphatic hydroxyl groups is 1. The number of allylic oxidation sites excluding steroid dienone is 1. The quantitative estimate of drug-likeness (QED) is 0.423. The third-order valence-corrected chi connectivity index (χ3v) is 10.4. The third kappa shape index (κ3) is 4.46. The van der Waals surface area contributed by atoms with Crippen LogP contribution in [0.4, 0.5) is 5.69 Å². The number of nitrogens with zero attached hydrogens (tertiary/aromatic N) is 2. The highest BCUT2D eigenvalue weighted by Gasteiger charge is 2.71. The van der Waals surface area contributed by atoms with E-state index in [4.69, 9.17) is 16.3 Å². The van der Waals surface area contributed by atoms with Crippen LogP contribution in [0.2, 0.25) is 5.02 Å². The SMILES string of the molecule is O=C1OCCCC/C=C\[C@@H]2S[C@]34C=CCN(c5ccc(Cl)cc5)C(=O)C3N([C@H](CO)c3ccccc3)C(=O)[C@@H]4[C@H]12. The lowest BCUT2D eigenvalue weighted by Gasteiger charge is -2.38. The number of ether oxygens (including phenoxy) is 1. The van der Waals surface area contributed by atoms with Gasteiger partial charge in [-0.15, -0.1) is 11.8 Å². The van der Waals surface area contributed by atoms with Crippen molar-refractivity contribution >= 4 is 46.8 Å². The summed E-state index contributed by atoms with van der Waals surface area (Å²) in [5.41, 5.74) is 1.39. The number of esters is 1. The largest absolute Gasteiger partial charge is 0.465 e. The van der Waals surface area contributed by atoms with Crippen LogP contribution in [0.1, 0.15) is 30.9 Å². The van der Waals surface area contributed by atoms with E-state index < -0.39 is 34.6 Å². The second-order valence-corrected chi connectivity index (χ2v) is 12.5. The molecule has 2 saturated heterocycles. The Hall–Kier alpha value is -3.07. The Labute approximate surface area is 242 Å². The maximum absolute atomic E-state index is 14.6. The van der Waals surface area contributed by atoms with Crippen LogP contribution in [0.15, 0.2) is 78.9 Å². The fourth-order valence-corrected chi connectivity index (χ4v) is 8.69. The van der Waals surface area contributed by atoms with Crippen molar-refractivity contribution in [3.8, 4) is 0 Å². The molecule has 2 fully saturated rings. The van der Waals surface area contributed by atoms with Gasteiger partial charge in [0.25, 0.3) is 5.91 Å². The first-order valence-corrected chi connectivity index (χ1v) is 15.0. The van der Waals surface area contributed by atoms with Crippen molar-refractivity contribution in [3.63, 3.8) is 0 Å². The van der Waals surface area contributed by atoms with Gasteiger partial charge in [0, 0.05) is 22.5 Å². The average molecular weight is 579 g/mol. The molecule has 6 atom stereocenters. The summed E-state index contributed by atoms with van der Waals surface area (Å²) in [4.78, 5) is 45.9. The number of rotatable bonds is 4. The highest BCUT2D eigenvalue weighted by molar-refractivity contribution is 8.02. The van der Waals surface area contributed by atoms with Gasteiger partial charge in [-0.05, 0) is 49.1 Å². The van der Waals surface area contributed by atoms with Crippen molar-refractivity contribution in [2.45, 2.75) is 41.3 Å². The molecule has 0 aliphatic carbocycles. The lowest BCUT2D eigenvalue weighted by Crippen LogP contribution is -2.54. The number of thioether (sulfide) groups is 1. The summed E-state index contributed by atoms with van der Waals surface area (Å²) in [6, 6.07) is 14.6. The Morgan fingerprint density at radius 3 is 2.55 bits per heavy atom. The molecular weight excluding hydrogens is 548 g/mol. The molecule has 4 aliphatic rings. The third-order valence-electron chi connectivity index (χ3n) is 8.37. The molecule has 0 bridgehead atoms. The van der Waals surface area contributed by atoms with Crippen molar-refractivity contribution in [3.05, 3.63) is 89.5 Å². The van der Waals surface area contributed by atoms with Crippen LogP contribution in [0.3, 0.4) is 0 Å². The van der Waals surface area contributed by atoms with Gasteiger partial charge in [-0.3, -0.25) is 14.4 Å². The predicted octanol–water partition coefficient (Wildman–Crippen LogP) is 4.56. The minimum absolute atomic E-state index is 0.258. The minimum Gasteiger partial charge on any atom is -0.465 e. The first-order valence-electron chi connectivity index (χ1n) is 13.7. The van der Waals surface area contributed by atoms with Crippen molar-refractivity contribution in [2.75, 3.05) is 24.7 Å². The van der Waals surface area contributed by atoms with Crippen LogP contribution in [0.5, 0.6) is 0 Å². The van der Waals surface area contributed by atoms with E-state index >= 15 is 0 Å². The Kier molecular flexibility index (Phi) is 7.50. The van der Waals surface area contributed by atoms with Gasteiger partial charge in [0.2, 0.25) is 5.91 Å². The zero-order valence-corrected chi connectivity index (χ0v) is 23.5. The van der Waals surface area contributed by atoms with Gasteiger partial charge in [-0.1, -0.05) is 66.2 Å². The summed E-state index contributed by atoms with van der Waals surface area (Å²) in [7, 11) is 0. The van der Waals surface area contributed by atoms with E-state index in [2.05, 4.69) is 6.08 Å². The van der Waals surface area contributed by atoms with Crippen molar-refractivity contribution in [1.29, 1.82) is 0 Å². The predicted molar refractivity (Wildman–Crippen MR) is 155 cm³/mol. The summed E-state index contributed by atoms with van der Waals surface area (Å²) in [6.07, 6.45) is 10.5. The molecule has 208 valence electrons. The maximum atomic E-state index is 14.6. The molecule has 1 N–H and O–H groups in total. The van der Waals surface area contributed by atoms with E-state index in [1.54, 1.807) is 34.1 Å². The lowest BCUT2D eigenvalue weighted by atomic mass is 9.78. The van der Waals surface area contributed by atoms with E-state index in [0.29, 0.717) is 23.9 Å². The van der Waals surface area contributed by atoms with Gasteiger partial charge < -0.3 is 19.6 Å². The van der Waals surface area contributed by atoms with Crippen molar-refractivity contribution in [2.24, 2.45) is 11.8 Å². The molecule has 6 rings (SSSR count). The highest BCUT2D eigenvalue weighted by Crippen LogP contribution is 2.62. The Morgan fingerprint density at radius 1 is 1.02 bits per heavy atom. The number of halogens is 1. The first-order chi connectivity index (χ1) is 19.5. The van der Waals surface area contributed by atoms with Gasteiger partial charge in [-0.25, -0.2) is 0 Å². The Balaban J connectivity index is 1.50. The van der Waals surface area contributed by atoms with E-state index in [1.165, 1.54) is 11.8 Å². The Morgan fingerprint density at radius 2 is 1.80 bits per heavy atom. The summed E-state index contributed by atoms with van der Waals surface area (Å²) < 4.78 is 4.68. The van der Waals surface area contributed by atoms with Crippen LogP contribution in [-0.4, -0.2) is 63.6 Å². The Bertz CT molecular complexity index is 1350. The molecule has 4 aliphatic heterocycles. The van der Waals surface area contributed by atoms with Crippen LogP contribution in [-0.2, 0) is 19.1 Å². The molecule has 0 aromatic heterocycles. The number of hydrogen-bond donors (Lipinski definition) is 1. The molecule has 0 saturated carbocycles. The number of fused-ring (bicyclic) bond motifs is 2. The molecule has 2 aromatic rings. The number of hydrogen-bond acceptors (Lipinski definition) is 6. The van der Waals surface area contributed by atoms with E-state index in [-0.39, 0.29) is 23.7 Å². The number of amides is 2. The van der Waals surface area contributed by atoms with Gasteiger partial charge >= 0.3 is 5.97 Å². The maximum Gasteiger partial charge on any atom is 0.311 e. The molecular formula is C31H31ClN2O5S. The van der Waals surface area contributed by atoms with E-state index in [0.717, 1.165) is 24.8 Å². The number of anilines is 1. The zero-order valence-electron chi connectivity index (χ0n) is 21.9. The number of likely N-dealkylation sites (tertiary alicyclic amines) is 1. The molecule has 7 nitrogen and oxygen atoms in total. The highest BCUT2D eigenvalue weighted by atomic mass is 35.5. The van der Waals surface area contributed by atoms with E-state index in [9.17, 15) is 19.5 Å². The van der Waals surface area contributed by atoms with Crippen LogP contribution in [0, 0.1) is 11.8 Å². The van der Waals surface area contributed by atoms with Crippen LogP contribution in [0.25, 0.3) is 0 Å². The monoisotopic (exact) mass is 578 g/mol. The normalized spacial score (nSPS) is 31.6. The molecule has 4 heterocycles. The van der Waals surface area contributed by atoms with Gasteiger partial charge in [0.05, 0.1) is 35.8 Å². The summed E-state index contributed by atoms with van der Waals surface area (Å²) in [6.45, 7) is 0.249. The van der Waals surface area contributed by atoms with Crippen LogP contribution >= 0.6 is 23.4 Å². The lowest BCUT2D eigenvalue weighted by molar-refractivity contribution is -0.153. The standard InChI is InChI=1S/C31H31ClN2O5S/c32-21-12-14-22(15-13-21)33-17-8-16-31-26(25-24(40-31)11-6-1-2-7-18-39-30(25)38)28(36)34(27(31)29(33)37)23(19-35)20-9-4-3-5-10-20/h3-6,8-16,23-27,35H,1-2,7,17-19H2/b11-6-/t23-,24+,25-,26+,27?,31+/m1/s1. The van der Waals surface area contributed by atoms with Crippen molar-refractivity contribution in [1.82, 2.24) is 4.90 Å². The molecule has 2 amide bonds. The van der Waals surface area contributed by atoms with Gasteiger partial charge in [-0.2, -0.15) is 0 Å². The summed E-state index contributed by atoms with van der Waals surface area (Å²) >= 11 is 7.63. The second kappa shape index (κ2) is 11.1. The number of aliphatic hydroxyl groups excluding tert-OH is 1. The molecule has 1 unspecified atom stereocenters. The fraction of sp³-hybridized carbons (Fsp3) is 0.387. The number of carbonyl (C=O) groups is 3. The number of cyclic esters (lactones) is 1. The zero-order chi connectivity index (χ0) is 27.9.